The second kappa shape index (κ2) is 8.32. The molecule has 5 rings (SSSR count). The third kappa shape index (κ3) is 3.73. The Bertz CT molecular complexity index is 1550. The number of aromatic nitrogens is 4. The van der Waals surface area contributed by atoms with Gasteiger partial charge in [0.1, 0.15) is 0 Å². The van der Waals surface area contributed by atoms with E-state index in [-0.39, 0.29) is 18.0 Å². The summed E-state index contributed by atoms with van der Waals surface area (Å²) in [6.07, 6.45) is 0. The fraction of sp³-hybridized carbons (Fsp3) is 0.320. The number of imidazole rings is 1. The van der Waals surface area contributed by atoms with Crippen LogP contribution in [0.15, 0.2) is 46.0 Å². The number of halogens is 2. The highest BCUT2D eigenvalue weighted by atomic mass is 35.5. The van der Waals surface area contributed by atoms with Gasteiger partial charge in [0.15, 0.2) is 11.2 Å². The Hall–Kier alpha value is -3.03. The standard InChI is InChI=1S/C25H25Cl2N5O2/c1-14-7-15(2)9-18(8-14)30-11-16(3)12-31-21-22(28-24(30)31)29(4)25(34)32(23(21)33)13-17-5-6-19(26)20(27)10-17/h5-10,16H,11-13H2,1-4H3/t16-/m0/s1. The lowest BCUT2D eigenvalue weighted by Crippen LogP contribution is -2.40. The van der Waals surface area contributed by atoms with Gasteiger partial charge in [-0.25, -0.2) is 4.79 Å². The molecule has 2 aromatic heterocycles. The molecule has 176 valence electrons. The number of nitrogens with zero attached hydrogens (tertiary/aromatic N) is 5. The van der Waals surface area contributed by atoms with Gasteiger partial charge in [0.05, 0.1) is 16.6 Å². The predicted molar refractivity (Wildman–Crippen MR) is 137 cm³/mol. The molecule has 1 aliphatic rings. The highest BCUT2D eigenvalue weighted by molar-refractivity contribution is 6.42. The number of aryl methyl sites for hydroxylation is 3. The van der Waals surface area contributed by atoms with E-state index < -0.39 is 5.69 Å². The summed E-state index contributed by atoms with van der Waals surface area (Å²) >= 11 is 12.2. The zero-order chi connectivity index (χ0) is 24.3. The highest BCUT2D eigenvalue weighted by Crippen LogP contribution is 2.33. The van der Waals surface area contributed by atoms with Gasteiger partial charge in [-0.1, -0.05) is 42.3 Å². The Morgan fingerprint density at radius 1 is 1.00 bits per heavy atom. The number of hydrogen-bond donors (Lipinski definition) is 0. The van der Waals surface area contributed by atoms with Crippen LogP contribution in [0.5, 0.6) is 0 Å². The highest BCUT2D eigenvalue weighted by Gasteiger charge is 2.30. The fourth-order valence-corrected chi connectivity index (χ4v) is 5.11. The summed E-state index contributed by atoms with van der Waals surface area (Å²) in [5.74, 6) is 0.961. The molecule has 34 heavy (non-hydrogen) atoms. The number of rotatable bonds is 3. The Kier molecular flexibility index (Phi) is 5.57. The summed E-state index contributed by atoms with van der Waals surface area (Å²) in [4.78, 5) is 33.8. The number of hydrogen-bond acceptors (Lipinski definition) is 4. The molecule has 9 heteroatoms. The molecule has 0 N–H and O–H groups in total. The first-order valence-electron chi connectivity index (χ1n) is 11.1. The van der Waals surface area contributed by atoms with Crippen LogP contribution in [0, 0.1) is 19.8 Å². The van der Waals surface area contributed by atoms with Gasteiger partial charge in [0.2, 0.25) is 5.95 Å². The maximum atomic E-state index is 13.7. The molecule has 0 spiro atoms. The van der Waals surface area contributed by atoms with Crippen molar-refractivity contribution in [3.8, 4) is 0 Å². The van der Waals surface area contributed by atoms with E-state index in [9.17, 15) is 9.59 Å². The van der Waals surface area contributed by atoms with Crippen molar-refractivity contribution in [3.05, 3.63) is 84.0 Å². The first-order chi connectivity index (χ1) is 16.1. The zero-order valence-corrected chi connectivity index (χ0v) is 21.0. The van der Waals surface area contributed by atoms with Gasteiger partial charge in [-0.3, -0.25) is 13.9 Å². The molecule has 0 saturated heterocycles. The quantitative estimate of drug-likeness (QED) is 0.412. The Morgan fingerprint density at radius 2 is 1.71 bits per heavy atom. The summed E-state index contributed by atoms with van der Waals surface area (Å²) in [6.45, 7) is 7.80. The Balaban J connectivity index is 1.71. The van der Waals surface area contributed by atoms with Gasteiger partial charge in [-0.15, -0.1) is 0 Å². The van der Waals surface area contributed by atoms with Crippen LogP contribution < -0.4 is 16.1 Å². The molecule has 1 aliphatic heterocycles. The molecule has 0 radical (unpaired) electrons. The summed E-state index contributed by atoms with van der Waals surface area (Å²) in [6, 6.07) is 11.5. The minimum absolute atomic E-state index is 0.0925. The third-order valence-corrected chi connectivity index (χ3v) is 7.02. The average molecular weight is 498 g/mol. The monoisotopic (exact) mass is 497 g/mol. The molecule has 3 heterocycles. The fourth-order valence-electron chi connectivity index (χ4n) is 4.79. The average Bonchev–Trinajstić information content (AvgIpc) is 3.16. The van der Waals surface area contributed by atoms with Gasteiger partial charge in [-0.2, -0.15) is 4.98 Å². The van der Waals surface area contributed by atoms with Crippen molar-refractivity contribution >= 4 is 46.0 Å². The Labute approximate surface area is 206 Å². The van der Waals surface area contributed by atoms with Crippen LogP contribution >= 0.6 is 23.2 Å². The molecule has 2 aromatic carbocycles. The number of anilines is 2. The molecule has 0 saturated carbocycles. The molecular formula is C25H25Cl2N5O2. The van der Waals surface area contributed by atoms with E-state index in [0.717, 1.165) is 28.9 Å². The molecule has 0 fully saturated rings. The first kappa shape index (κ1) is 22.7. The van der Waals surface area contributed by atoms with Crippen LogP contribution in [0.25, 0.3) is 11.2 Å². The molecule has 7 nitrogen and oxygen atoms in total. The van der Waals surface area contributed by atoms with Crippen LogP contribution in [0.3, 0.4) is 0 Å². The molecule has 0 aliphatic carbocycles. The van der Waals surface area contributed by atoms with E-state index in [1.54, 1.807) is 25.2 Å². The van der Waals surface area contributed by atoms with Gasteiger partial charge >= 0.3 is 5.69 Å². The molecular weight excluding hydrogens is 473 g/mol. The molecule has 0 unspecified atom stereocenters. The second-order valence-corrected chi connectivity index (χ2v) is 10.1. The van der Waals surface area contributed by atoms with Crippen molar-refractivity contribution in [1.82, 2.24) is 18.7 Å². The van der Waals surface area contributed by atoms with Crippen LogP contribution in [0.2, 0.25) is 10.0 Å². The SMILES string of the molecule is Cc1cc(C)cc(N2C[C@H](C)Cn3c2nc2c3c(=O)n(Cc3ccc(Cl)c(Cl)c3)c(=O)n2C)c1. The molecule has 0 amide bonds. The van der Waals surface area contributed by atoms with Gasteiger partial charge in [0.25, 0.3) is 5.56 Å². The van der Waals surface area contributed by atoms with Crippen molar-refractivity contribution in [1.29, 1.82) is 0 Å². The van der Waals surface area contributed by atoms with Crippen LogP contribution in [0.1, 0.15) is 23.6 Å². The van der Waals surface area contributed by atoms with Crippen LogP contribution in [0.4, 0.5) is 11.6 Å². The predicted octanol–water partition coefficient (Wildman–Crippen LogP) is 4.66. The largest absolute Gasteiger partial charge is 0.332 e. The van der Waals surface area contributed by atoms with Crippen molar-refractivity contribution < 1.29 is 0 Å². The van der Waals surface area contributed by atoms with E-state index in [2.05, 4.69) is 43.9 Å². The zero-order valence-electron chi connectivity index (χ0n) is 19.5. The summed E-state index contributed by atoms with van der Waals surface area (Å²) < 4.78 is 4.63. The summed E-state index contributed by atoms with van der Waals surface area (Å²) in [5.41, 5.74) is 4.09. The van der Waals surface area contributed by atoms with E-state index in [1.807, 2.05) is 4.57 Å². The van der Waals surface area contributed by atoms with Gasteiger partial charge < -0.3 is 9.47 Å². The number of fused-ring (bicyclic) bond motifs is 3. The second-order valence-electron chi connectivity index (χ2n) is 9.24. The normalized spacial score (nSPS) is 15.7. The van der Waals surface area contributed by atoms with Crippen LogP contribution in [-0.4, -0.2) is 25.2 Å². The van der Waals surface area contributed by atoms with Crippen molar-refractivity contribution in [2.24, 2.45) is 13.0 Å². The van der Waals surface area contributed by atoms with E-state index in [4.69, 9.17) is 28.2 Å². The summed E-state index contributed by atoms with van der Waals surface area (Å²) in [7, 11) is 1.65. The first-order valence-corrected chi connectivity index (χ1v) is 11.9. The lowest BCUT2D eigenvalue weighted by molar-refractivity contribution is 0.458. The molecule has 0 bridgehead atoms. The maximum absolute atomic E-state index is 13.7. The van der Waals surface area contributed by atoms with Gasteiger partial charge in [0, 0.05) is 25.8 Å². The van der Waals surface area contributed by atoms with E-state index in [1.165, 1.54) is 9.13 Å². The topological polar surface area (TPSA) is 65.1 Å². The van der Waals surface area contributed by atoms with Crippen molar-refractivity contribution in [2.45, 2.75) is 33.9 Å². The minimum atomic E-state index is -0.426. The summed E-state index contributed by atoms with van der Waals surface area (Å²) in [5, 5.41) is 0.802. The number of benzene rings is 2. The van der Waals surface area contributed by atoms with Crippen LogP contribution in [-0.2, 0) is 20.1 Å². The van der Waals surface area contributed by atoms with Gasteiger partial charge in [-0.05, 0) is 60.7 Å². The lowest BCUT2D eigenvalue weighted by Gasteiger charge is -2.33. The minimum Gasteiger partial charge on any atom is -0.312 e. The lowest BCUT2D eigenvalue weighted by atomic mass is 10.1. The molecule has 1 atom stereocenters. The van der Waals surface area contributed by atoms with Crippen molar-refractivity contribution in [2.75, 3.05) is 11.4 Å². The van der Waals surface area contributed by atoms with E-state index in [0.29, 0.717) is 33.7 Å². The molecule has 4 aromatic rings. The maximum Gasteiger partial charge on any atom is 0.332 e. The van der Waals surface area contributed by atoms with E-state index >= 15 is 0 Å². The smallest absolute Gasteiger partial charge is 0.312 e. The third-order valence-electron chi connectivity index (χ3n) is 6.29. The Morgan fingerprint density at radius 3 is 2.38 bits per heavy atom. The van der Waals surface area contributed by atoms with Crippen molar-refractivity contribution in [3.63, 3.8) is 0 Å².